The van der Waals surface area contributed by atoms with Gasteiger partial charge in [-0.1, -0.05) is 12.1 Å². The third kappa shape index (κ3) is 2.99. The van der Waals surface area contributed by atoms with E-state index in [0.717, 1.165) is 36.4 Å². The molecular weight excluding hydrogens is 284 g/mol. The summed E-state index contributed by atoms with van der Waals surface area (Å²) in [5.41, 5.74) is 4.66. The van der Waals surface area contributed by atoms with E-state index in [4.69, 9.17) is 4.98 Å². The Morgan fingerprint density at radius 1 is 1.26 bits per heavy atom. The molecule has 1 atom stereocenters. The average Bonchev–Trinajstić information content (AvgIpc) is 3.19. The summed E-state index contributed by atoms with van der Waals surface area (Å²) < 4.78 is 0. The van der Waals surface area contributed by atoms with E-state index < -0.39 is 0 Å². The van der Waals surface area contributed by atoms with Crippen LogP contribution in [0.1, 0.15) is 36.0 Å². The molecule has 1 fully saturated rings. The minimum atomic E-state index is 0.409. The fraction of sp³-hybridized carbons (Fsp3) is 0.368. The van der Waals surface area contributed by atoms with Crippen LogP contribution in [0.3, 0.4) is 0 Å². The zero-order chi connectivity index (χ0) is 15.6. The van der Waals surface area contributed by atoms with Gasteiger partial charge < -0.3 is 4.98 Å². The Hall–Kier alpha value is -2.20. The standard InChI is InChI=1S/C19H22N4/c1-14-7-8-16-17(13-14)22-19(21-16)18-6-4-11-23(18)12-9-15-5-2-3-10-20-15/h2-3,5,7-8,10,13,18H,4,6,9,11-12H2,1H3,(H,21,22). The van der Waals surface area contributed by atoms with Crippen LogP contribution in [0.2, 0.25) is 0 Å². The molecule has 0 radical (unpaired) electrons. The van der Waals surface area contributed by atoms with Gasteiger partial charge >= 0.3 is 0 Å². The molecule has 2 aromatic heterocycles. The number of imidazole rings is 1. The molecule has 0 saturated carbocycles. The molecule has 1 N–H and O–H groups in total. The zero-order valence-electron chi connectivity index (χ0n) is 13.5. The monoisotopic (exact) mass is 306 g/mol. The van der Waals surface area contributed by atoms with Crippen molar-refractivity contribution in [3.8, 4) is 0 Å². The highest BCUT2D eigenvalue weighted by Gasteiger charge is 2.28. The highest BCUT2D eigenvalue weighted by molar-refractivity contribution is 5.75. The van der Waals surface area contributed by atoms with Gasteiger partial charge in [0.05, 0.1) is 17.1 Å². The quantitative estimate of drug-likeness (QED) is 0.800. The van der Waals surface area contributed by atoms with E-state index >= 15 is 0 Å². The topological polar surface area (TPSA) is 44.8 Å². The van der Waals surface area contributed by atoms with Crippen molar-refractivity contribution in [2.75, 3.05) is 13.1 Å². The van der Waals surface area contributed by atoms with E-state index in [9.17, 15) is 0 Å². The molecule has 0 spiro atoms. The number of H-pyrrole nitrogens is 1. The van der Waals surface area contributed by atoms with E-state index in [0.29, 0.717) is 6.04 Å². The summed E-state index contributed by atoms with van der Waals surface area (Å²) >= 11 is 0. The minimum Gasteiger partial charge on any atom is -0.341 e. The number of likely N-dealkylation sites (tertiary alicyclic amines) is 1. The summed E-state index contributed by atoms with van der Waals surface area (Å²) in [5.74, 6) is 1.11. The molecule has 1 saturated heterocycles. The Bertz CT molecular complexity index is 793. The molecule has 0 bridgehead atoms. The van der Waals surface area contributed by atoms with Crippen molar-refractivity contribution < 1.29 is 0 Å². The number of benzene rings is 1. The van der Waals surface area contributed by atoms with E-state index in [-0.39, 0.29) is 0 Å². The lowest BCUT2D eigenvalue weighted by Crippen LogP contribution is -2.26. The number of fused-ring (bicyclic) bond motifs is 1. The van der Waals surface area contributed by atoms with Crippen molar-refractivity contribution in [2.24, 2.45) is 0 Å². The van der Waals surface area contributed by atoms with Gasteiger partial charge in [0, 0.05) is 24.9 Å². The average molecular weight is 306 g/mol. The fourth-order valence-electron chi connectivity index (χ4n) is 3.51. The number of hydrogen-bond donors (Lipinski definition) is 1. The van der Waals surface area contributed by atoms with Gasteiger partial charge in [-0.3, -0.25) is 9.88 Å². The number of nitrogens with zero attached hydrogens (tertiary/aromatic N) is 3. The van der Waals surface area contributed by atoms with Crippen molar-refractivity contribution in [2.45, 2.75) is 32.2 Å². The van der Waals surface area contributed by atoms with Crippen LogP contribution in [0.4, 0.5) is 0 Å². The largest absolute Gasteiger partial charge is 0.341 e. The maximum atomic E-state index is 4.83. The number of rotatable bonds is 4. The number of aryl methyl sites for hydroxylation is 1. The molecule has 3 heterocycles. The van der Waals surface area contributed by atoms with E-state index in [1.165, 1.54) is 24.1 Å². The summed E-state index contributed by atoms with van der Waals surface area (Å²) in [6, 6.07) is 13.0. The Morgan fingerprint density at radius 2 is 2.22 bits per heavy atom. The van der Waals surface area contributed by atoms with E-state index in [1.807, 2.05) is 12.3 Å². The van der Waals surface area contributed by atoms with Gasteiger partial charge in [-0.05, 0) is 56.1 Å². The summed E-state index contributed by atoms with van der Waals surface area (Å²) in [7, 11) is 0. The smallest absolute Gasteiger partial charge is 0.124 e. The fourth-order valence-corrected chi connectivity index (χ4v) is 3.51. The van der Waals surface area contributed by atoms with Gasteiger partial charge in [0.1, 0.15) is 5.82 Å². The molecule has 118 valence electrons. The Morgan fingerprint density at radius 3 is 3.09 bits per heavy atom. The van der Waals surface area contributed by atoms with Gasteiger partial charge in [0.25, 0.3) is 0 Å². The Balaban J connectivity index is 1.52. The summed E-state index contributed by atoms with van der Waals surface area (Å²) in [6.45, 7) is 4.31. The van der Waals surface area contributed by atoms with Crippen molar-refractivity contribution in [3.63, 3.8) is 0 Å². The SMILES string of the molecule is Cc1ccc2nc(C3CCCN3CCc3ccccn3)[nH]c2c1. The number of aromatic nitrogens is 3. The van der Waals surface area contributed by atoms with Crippen LogP contribution in [0.25, 0.3) is 11.0 Å². The number of pyridine rings is 1. The molecule has 0 aliphatic carbocycles. The predicted molar refractivity (Wildman–Crippen MR) is 92.3 cm³/mol. The first-order valence-electron chi connectivity index (χ1n) is 8.40. The van der Waals surface area contributed by atoms with Crippen molar-refractivity contribution in [1.82, 2.24) is 19.9 Å². The first kappa shape index (κ1) is 14.4. The molecule has 1 aromatic carbocycles. The van der Waals surface area contributed by atoms with E-state index in [2.05, 4.69) is 52.1 Å². The van der Waals surface area contributed by atoms with Crippen LogP contribution >= 0.6 is 0 Å². The minimum absolute atomic E-state index is 0.409. The molecule has 0 amide bonds. The number of aromatic amines is 1. The second-order valence-corrected chi connectivity index (χ2v) is 6.41. The molecule has 3 aromatic rings. The molecule has 1 aliphatic rings. The maximum Gasteiger partial charge on any atom is 0.124 e. The molecule has 4 heteroatoms. The third-order valence-corrected chi connectivity index (χ3v) is 4.72. The van der Waals surface area contributed by atoms with Crippen LogP contribution in [-0.2, 0) is 6.42 Å². The van der Waals surface area contributed by atoms with Gasteiger partial charge in [-0.25, -0.2) is 4.98 Å². The van der Waals surface area contributed by atoms with Crippen LogP contribution in [-0.4, -0.2) is 32.9 Å². The highest BCUT2D eigenvalue weighted by atomic mass is 15.2. The highest BCUT2D eigenvalue weighted by Crippen LogP contribution is 2.31. The predicted octanol–water partition coefficient (Wildman–Crippen LogP) is 3.65. The molecule has 4 rings (SSSR count). The van der Waals surface area contributed by atoms with Gasteiger partial charge in [-0.2, -0.15) is 0 Å². The number of nitrogens with one attached hydrogen (secondary N) is 1. The van der Waals surface area contributed by atoms with Gasteiger partial charge in [0.2, 0.25) is 0 Å². The van der Waals surface area contributed by atoms with Crippen molar-refractivity contribution >= 4 is 11.0 Å². The van der Waals surface area contributed by atoms with Crippen LogP contribution < -0.4 is 0 Å². The summed E-state index contributed by atoms with van der Waals surface area (Å²) in [4.78, 5) is 15.3. The molecule has 23 heavy (non-hydrogen) atoms. The van der Waals surface area contributed by atoms with Crippen molar-refractivity contribution in [3.05, 3.63) is 59.7 Å². The maximum absolute atomic E-state index is 4.83. The molecular formula is C19H22N4. The molecule has 1 unspecified atom stereocenters. The first-order valence-corrected chi connectivity index (χ1v) is 8.40. The van der Waals surface area contributed by atoms with Crippen LogP contribution in [0.15, 0.2) is 42.6 Å². The lowest BCUT2D eigenvalue weighted by molar-refractivity contribution is 0.252. The second kappa shape index (κ2) is 6.13. The Kier molecular flexibility index (Phi) is 3.83. The zero-order valence-corrected chi connectivity index (χ0v) is 13.5. The van der Waals surface area contributed by atoms with Crippen LogP contribution in [0.5, 0.6) is 0 Å². The summed E-state index contributed by atoms with van der Waals surface area (Å²) in [6.07, 6.45) is 5.29. The van der Waals surface area contributed by atoms with Gasteiger partial charge in [-0.15, -0.1) is 0 Å². The normalized spacial score (nSPS) is 18.7. The van der Waals surface area contributed by atoms with Crippen molar-refractivity contribution in [1.29, 1.82) is 0 Å². The van der Waals surface area contributed by atoms with Gasteiger partial charge in [0.15, 0.2) is 0 Å². The summed E-state index contributed by atoms with van der Waals surface area (Å²) in [5, 5.41) is 0. The third-order valence-electron chi connectivity index (χ3n) is 4.72. The first-order chi connectivity index (χ1) is 11.3. The lowest BCUT2D eigenvalue weighted by Gasteiger charge is -2.22. The lowest BCUT2D eigenvalue weighted by atomic mass is 10.2. The Labute approximate surface area is 136 Å². The van der Waals surface area contributed by atoms with E-state index in [1.54, 1.807) is 0 Å². The van der Waals surface area contributed by atoms with Crippen LogP contribution in [0, 0.1) is 6.92 Å². The number of hydrogen-bond acceptors (Lipinski definition) is 3. The second-order valence-electron chi connectivity index (χ2n) is 6.41. The molecule has 4 nitrogen and oxygen atoms in total. The molecule has 1 aliphatic heterocycles.